The smallest absolute Gasteiger partial charge is 0.185 e. The minimum Gasteiger partial charge on any atom is -0.377 e. The molecule has 6 heteroatoms. The quantitative estimate of drug-likeness (QED) is 0.853. The zero-order chi connectivity index (χ0) is 13.8. The molecule has 2 aromatic rings. The van der Waals surface area contributed by atoms with Gasteiger partial charge in [0.2, 0.25) is 0 Å². The van der Waals surface area contributed by atoms with Gasteiger partial charge in [-0.1, -0.05) is 0 Å². The summed E-state index contributed by atoms with van der Waals surface area (Å²) in [7, 11) is 0. The molecule has 0 fully saturated rings. The zero-order valence-corrected chi connectivity index (χ0v) is 12.8. The Balaban J connectivity index is 2.01. The first kappa shape index (κ1) is 13.9. The fourth-order valence-electron chi connectivity index (χ4n) is 2.01. The number of nitrogens with one attached hydrogen (secondary N) is 2. The monoisotopic (exact) mass is 279 g/mol. The van der Waals surface area contributed by atoms with Crippen LogP contribution in [0.15, 0.2) is 6.20 Å². The Morgan fingerprint density at radius 1 is 1.32 bits per heavy atom. The predicted octanol–water partition coefficient (Wildman–Crippen LogP) is 2.94. The molecule has 5 nitrogen and oxygen atoms in total. The molecule has 2 rings (SSSR count). The number of H-pyrrole nitrogens is 1. The van der Waals surface area contributed by atoms with Gasteiger partial charge in [0, 0.05) is 24.2 Å². The second-order valence-corrected chi connectivity index (χ2v) is 5.54. The van der Waals surface area contributed by atoms with Crippen LogP contribution in [0.3, 0.4) is 0 Å². The van der Waals surface area contributed by atoms with E-state index in [4.69, 9.17) is 0 Å². The normalized spacial score (nSPS) is 10.7. The van der Waals surface area contributed by atoms with E-state index < -0.39 is 0 Å². The van der Waals surface area contributed by atoms with Crippen molar-refractivity contribution in [3.8, 4) is 0 Å². The van der Waals surface area contributed by atoms with E-state index in [-0.39, 0.29) is 0 Å². The molecule has 19 heavy (non-hydrogen) atoms. The highest BCUT2D eigenvalue weighted by Crippen LogP contribution is 2.24. The second kappa shape index (κ2) is 6.06. The number of aromatic amines is 1. The lowest BCUT2D eigenvalue weighted by molar-refractivity contribution is 0.860. The molecule has 104 valence electrons. The molecule has 0 saturated heterocycles. The van der Waals surface area contributed by atoms with E-state index in [1.807, 2.05) is 20.0 Å². The minimum atomic E-state index is 0.792. The number of aromatic nitrogens is 3. The molecule has 0 aliphatic carbocycles. The van der Waals surface area contributed by atoms with Crippen molar-refractivity contribution in [2.45, 2.75) is 34.2 Å². The largest absolute Gasteiger partial charge is 0.377 e. The van der Waals surface area contributed by atoms with Gasteiger partial charge >= 0.3 is 0 Å². The molecule has 0 aromatic carbocycles. The zero-order valence-electron chi connectivity index (χ0n) is 11.9. The van der Waals surface area contributed by atoms with Gasteiger partial charge in [-0.25, -0.2) is 4.98 Å². The fraction of sp³-hybridized carbons (Fsp3) is 0.538. The molecule has 0 aliphatic heterocycles. The fourth-order valence-corrected chi connectivity index (χ4v) is 2.98. The van der Waals surface area contributed by atoms with Gasteiger partial charge in [0.1, 0.15) is 0 Å². The first-order chi connectivity index (χ1) is 9.15. The Morgan fingerprint density at radius 2 is 2.05 bits per heavy atom. The van der Waals surface area contributed by atoms with Crippen molar-refractivity contribution >= 4 is 22.2 Å². The van der Waals surface area contributed by atoms with E-state index in [1.165, 1.54) is 4.88 Å². The number of anilines is 2. The van der Waals surface area contributed by atoms with Crippen molar-refractivity contribution in [2.75, 3.05) is 23.3 Å². The van der Waals surface area contributed by atoms with Gasteiger partial charge in [-0.2, -0.15) is 5.10 Å². The van der Waals surface area contributed by atoms with Gasteiger partial charge in [-0.15, -0.1) is 11.3 Å². The molecule has 0 spiro atoms. The summed E-state index contributed by atoms with van der Waals surface area (Å²) in [6.07, 6.45) is 1.95. The average molecular weight is 279 g/mol. The maximum Gasteiger partial charge on any atom is 0.185 e. The molecule has 2 aromatic heterocycles. The summed E-state index contributed by atoms with van der Waals surface area (Å²) in [6, 6.07) is 0. The van der Waals surface area contributed by atoms with Gasteiger partial charge in [0.15, 0.2) is 5.13 Å². The summed E-state index contributed by atoms with van der Waals surface area (Å²) < 4.78 is 0. The van der Waals surface area contributed by atoms with Crippen molar-refractivity contribution in [1.29, 1.82) is 0 Å². The number of hydrogen-bond donors (Lipinski definition) is 2. The lowest BCUT2D eigenvalue weighted by Crippen LogP contribution is -2.21. The maximum atomic E-state index is 4.48. The van der Waals surface area contributed by atoms with E-state index >= 15 is 0 Å². The van der Waals surface area contributed by atoms with Gasteiger partial charge in [0.05, 0.1) is 23.6 Å². The summed E-state index contributed by atoms with van der Waals surface area (Å²) in [5.74, 6) is 0. The third-order valence-electron chi connectivity index (χ3n) is 3.14. The Kier molecular flexibility index (Phi) is 4.42. The molecular weight excluding hydrogens is 258 g/mol. The number of thiazole rings is 1. The molecule has 2 heterocycles. The molecule has 2 N–H and O–H groups in total. The van der Waals surface area contributed by atoms with Crippen LogP contribution in [0.2, 0.25) is 0 Å². The van der Waals surface area contributed by atoms with Crippen LogP contribution in [0.25, 0.3) is 0 Å². The van der Waals surface area contributed by atoms with Crippen molar-refractivity contribution in [2.24, 2.45) is 0 Å². The Morgan fingerprint density at radius 3 is 2.63 bits per heavy atom. The summed E-state index contributed by atoms with van der Waals surface area (Å²) in [4.78, 5) is 7.99. The summed E-state index contributed by atoms with van der Waals surface area (Å²) in [6.45, 7) is 11.1. The Bertz CT molecular complexity index is 507. The van der Waals surface area contributed by atoms with Gasteiger partial charge in [-0.3, -0.25) is 5.10 Å². The maximum absolute atomic E-state index is 4.48. The van der Waals surface area contributed by atoms with Gasteiger partial charge in [0.25, 0.3) is 0 Å². The lowest BCUT2D eigenvalue weighted by Gasteiger charge is -2.16. The standard InChI is InChI=1S/C13H21N5S/c1-5-18(6-2)13-15-8-11(19-13)7-14-12-9(3)16-17-10(12)4/h8,14H,5-7H2,1-4H3,(H,16,17). The molecule has 0 radical (unpaired) electrons. The lowest BCUT2D eigenvalue weighted by atomic mass is 10.3. The molecular formula is C13H21N5S. The topological polar surface area (TPSA) is 56.8 Å². The van der Waals surface area contributed by atoms with E-state index in [2.05, 4.69) is 39.2 Å². The molecule has 0 unspecified atom stereocenters. The molecule has 0 aliphatic rings. The molecule has 0 amide bonds. The third-order valence-corrected chi connectivity index (χ3v) is 4.20. The van der Waals surface area contributed by atoms with Crippen LogP contribution < -0.4 is 10.2 Å². The number of hydrogen-bond acceptors (Lipinski definition) is 5. The van der Waals surface area contributed by atoms with Crippen molar-refractivity contribution in [3.63, 3.8) is 0 Å². The first-order valence-electron chi connectivity index (χ1n) is 6.60. The Hall–Kier alpha value is -1.56. The van der Waals surface area contributed by atoms with E-state index in [9.17, 15) is 0 Å². The molecule has 0 saturated carbocycles. The van der Waals surface area contributed by atoms with Crippen molar-refractivity contribution in [3.05, 3.63) is 22.5 Å². The number of rotatable bonds is 6. The second-order valence-electron chi connectivity index (χ2n) is 4.44. The number of aryl methyl sites for hydroxylation is 2. The Labute approximate surface area is 118 Å². The van der Waals surface area contributed by atoms with E-state index in [0.29, 0.717) is 0 Å². The summed E-state index contributed by atoms with van der Waals surface area (Å²) in [5.41, 5.74) is 3.18. The van der Waals surface area contributed by atoms with Crippen LogP contribution in [0.5, 0.6) is 0 Å². The minimum absolute atomic E-state index is 0.792. The summed E-state index contributed by atoms with van der Waals surface area (Å²) >= 11 is 1.75. The highest BCUT2D eigenvalue weighted by molar-refractivity contribution is 7.15. The predicted molar refractivity (Wildman–Crippen MR) is 81.1 cm³/mol. The highest BCUT2D eigenvalue weighted by Gasteiger charge is 2.09. The SMILES string of the molecule is CCN(CC)c1ncc(CNc2c(C)n[nH]c2C)s1. The van der Waals surface area contributed by atoms with Crippen LogP contribution in [0.1, 0.15) is 30.1 Å². The van der Waals surface area contributed by atoms with Gasteiger partial charge < -0.3 is 10.2 Å². The molecule has 0 atom stereocenters. The van der Waals surface area contributed by atoms with E-state index in [1.54, 1.807) is 11.3 Å². The average Bonchev–Trinajstić information content (AvgIpc) is 2.98. The third kappa shape index (κ3) is 3.07. The summed E-state index contributed by atoms with van der Waals surface area (Å²) in [5, 5.41) is 11.7. The molecule has 0 bridgehead atoms. The van der Waals surface area contributed by atoms with Crippen LogP contribution in [0.4, 0.5) is 10.8 Å². The van der Waals surface area contributed by atoms with Crippen molar-refractivity contribution < 1.29 is 0 Å². The van der Waals surface area contributed by atoms with Crippen LogP contribution in [0, 0.1) is 13.8 Å². The van der Waals surface area contributed by atoms with Gasteiger partial charge in [-0.05, 0) is 27.7 Å². The number of nitrogens with zero attached hydrogens (tertiary/aromatic N) is 3. The van der Waals surface area contributed by atoms with E-state index in [0.717, 1.165) is 41.8 Å². The first-order valence-corrected chi connectivity index (χ1v) is 7.42. The van der Waals surface area contributed by atoms with Crippen LogP contribution in [-0.2, 0) is 6.54 Å². The van der Waals surface area contributed by atoms with Crippen LogP contribution >= 0.6 is 11.3 Å². The van der Waals surface area contributed by atoms with Crippen LogP contribution in [-0.4, -0.2) is 28.3 Å². The highest BCUT2D eigenvalue weighted by atomic mass is 32.1. The van der Waals surface area contributed by atoms with Crippen molar-refractivity contribution in [1.82, 2.24) is 15.2 Å².